The molecule has 1 aromatic carbocycles. The number of rotatable bonds is 6. The van der Waals surface area contributed by atoms with Crippen LogP contribution in [0, 0.1) is 11.8 Å². The lowest BCUT2D eigenvalue weighted by atomic mass is 9.83. The molecule has 172 valence electrons. The van der Waals surface area contributed by atoms with Crippen LogP contribution in [0.5, 0.6) is 0 Å². The van der Waals surface area contributed by atoms with E-state index in [1.807, 2.05) is 26.0 Å². The second-order valence-electron chi connectivity index (χ2n) is 9.97. The number of amides is 2. The summed E-state index contributed by atoms with van der Waals surface area (Å²) in [5.41, 5.74) is 5.52. The Morgan fingerprint density at radius 1 is 1.25 bits per heavy atom. The fourth-order valence-electron chi connectivity index (χ4n) is 4.65. The van der Waals surface area contributed by atoms with Gasteiger partial charge >= 0.3 is 5.97 Å². The molecule has 0 saturated carbocycles. The van der Waals surface area contributed by atoms with Crippen molar-refractivity contribution in [2.24, 2.45) is 17.6 Å². The molecular weight excluding hydrogens is 426 g/mol. The number of aliphatic carboxylic acids is 1. The summed E-state index contributed by atoms with van der Waals surface area (Å²) in [7, 11) is 0. The van der Waals surface area contributed by atoms with Crippen LogP contribution in [-0.2, 0) is 15.0 Å². The number of hydrogen-bond donors (Lipinski definition) is 2. The number of carboxylic acid groups (broad SMARTS) is 1. The number of thiazole rings is 1. The van der Waals surface area contributed by atoms with Crippen LogP contribution in [0.1, 0.15) is 74.4 Å². The fraction of sp³-hybridized carbons (Fsp3) is 0.500. The molecule has 2 aromatic rings. The van der Waals surface area contributed by atoms with Gasteiger partial charge < -0.3 is 15.7 Å². The molecule has 8 heteroatoms. The van der Waals surface area contributed by atoms with Crippen LogP contribution in [0.15, 0.2) is 35.8 Å². The Labute approximate surface area is 192 Å². The van der Waals surface area contributed by atoms with Crippen molar-refractivity contribution in [3.8, 4) is 0 Å². The number of nitrogens with two attached hydrogens (primary N) is 1. The first kappa shape index (κ1) is 23.9. The number of benzene rings is 1. The van der Waals surface area contributed by atoms with Crippen molar-refractivity contribution in [1.29, 1.82) is 0 Å². The molecule has 0 bridgehead atoms. The molecule has 1 saturated heterocycles. The third-order valence-electron chi connectivity index (χ3n) is 6.11. The first-order chi connectivity index (χ1) is 14.9. The Bertz CT molecular complexity index is 995. The zero-order valence-corrected chi connectivity index (χ0v) is 20.0. The number of aromatic nitrogens is 1. The Morgan fingerprint density at radius 2 is 1.88 bits per heavy atom. The van der Waals surface area contributed by atoms with Gasteiger partial charge in [-0.25, -0.2) is 9.78 Å². The van der Waals surface area contributed by atoms with Gasteiger partial charge in [0.2, 0.25) is 5.91 Å². The number of carbonyl (C=O) groups excluding carboxylic acids is 2. The minimum Gasteiger partial charge on any atom is -0.479 e. The predicted octanol–water partition coefficient (Wildman–Crippen LogP) is 4.00. The van der Waals surface area contributed by atoms with Gasteiger partial charge in [-0.1, -0.05) is 46.8 Å². The largest absolute Gasteiger partial charge is 0.479 e. The highest BCUT2D eigenvalue weighted by atomic mass is 32.1. The number of carboxylic acids is 1. The van der Waals surface area contributed by atoms with Crippen molar-refractivity contribution in [1.82, 2.24) is 9.88 Å². The average Bonchev–Trinajstić information content (AvgIpc) is 3.33. The molecule has 1 aromatic heterocycles. The van der Waals surface area contributed by atoms with Crippen LogP contribution in [0.25, 0.3) is 0 Å². The van der Waals surface area contributed by atoms with Crippen molar-refractivity contribution in [3.05, 3.63) is 52.0 Å². The second kappa shape index (κ2) is 8.65. The molecule has 2 amide bonds. The first-order valence-corrected chi connectivity index (χ1v) is 11.6. The molecule has 0 aliphatic carbocycles. The molecule has 32 heavy (non-hydrogen) atoms. The third-order valence-corrected chi connectivity index (χ3v) is 6.95. The average molecular weight is 458 g/mol. The van der Waals surface area contributed by atoms with E-state index in [0.29, 0.717) is 10.6 Å². The minimum atomic E-state index is -1.55. The Kier molecular flexibility index (Phi) is 6.47. The highest BCUT2D eigenvalue weighted by Crippen LogP contribution is 2.50. The quantitative estimate of drug-likeness (QED) is 0.681. The lowest BCUT2D eigenvalue weighted by molar-refractivity contribution is -0.150. The Balaban J connectivity index is 2.17. The molecule has 7 nitrogen and oxygen atoms in total. The van der Waals surface area contributed by atoms with Crippen LogP contribution in [-0.4, -0.2) is 38.3 Å². The summed E-state index contributed by atoms with van der Waals surface area (Å²) in [5, 5.41) is 12.6. The van der Waals surface area contributed by atoms with Gasteiger partial charge in [0.25, 0.3) is 5.91 Å². The smallest absolute Gasteiger partial charge is 0.329 e. The molecule has 0 radical (unpaired) electrons. The fourth-order valence-corrected chi connectivity index (χ4v) is 5.44. The van der Waals surface area contributed by atoms with Gasteiger partial charge in [-0.3, -0.25) is 9.59 Å². The zero-order chi connectivity index (χ0) is 23.8. The monoisotopic (exact) mass is 457 g/mol. The van der Waals surface area contributed by atoms with E-state index in [0.717, 1.165) is 5.56 Å². The van der Waals surface area contributed by atoms with Crippen LogP contribution in [0.4, 0.5) is 0 Å². The summed E-state index contributed by atoms with van der Waals surface area (Å²) in [5.74, 6) is -3.05. The summed E-state index contributed by atoms with van der Waals surface area (Å²) in [6, 6.07) is 6.40. The normalized spacial score (nSPS) is 23.5. The number of hydrogen-bond acceptors (Lipinski definition) is 5. The lowest BCUT2D eigenvalue weighted by Gasteiger charge is -2.38. The van der Waals surface area contributed by atoms with Gasteiger partial charge in [0, 0.05) is 17.1 Å². The van der Waals surface area contributed by atoms with E-state index in [-0.39, 0.29) is 24.2 Å². The molecule has 1 fully saturated rings. The molecular formula is C24H31N3O4S. The van der Waals surface area contributed by atoms with Gasteiger partial charge in [0.05, 0.1) is 12.0 Å². The van der Waals surface area contributed by atoms with Crippen LogP contribution in [0.3, 0.4) is 0 Å². The SMILES string of the molecule is CC(C)C[C@@]1(C(=O)O)C[C@H](C(N)=O)[C@H](c2nccs2)N1C(=O)c1ccc(C(C)(C)C)cc1. The van der Waals surface area contributed by atoms with E-state index in [9.17, 15) is 19.5 Å². The van der Waals surface area contributed by atoms with Gasteiger partial charge in [0.1, 0.15) is 10.5 Å². The summed E-state index contributed by atoms with van der Waals surface area (Å²) in [6.45, 7) is 10.1. The number of likely N-dealkylation sites (tertiary alicyclic amines) is 1. The molecule has 1 aliphatic heterocycles. The molecule has 3 atom stereocenters. The van der Waals surface area contributed by atoms with Crippen molar-refractivity contribution in [3.63, 3.8) is 0 Å². The zero-order valence-electron chi connectivity index (χ0n) is 19.2. The summed E-state index contributed by atoms with van der Waals surface area (Å²) >= 11 is 1.29. The van der Waals surface area contributed by atoms with E-state index in [1.165, 1.54) is 16.2 Å². The number of nitrogens with zero attached hydrogens (tertiary/aromatic N) is 2. The van der Waals surface area contributed by atoms with Crippen molar-refractivity contribution in [2.75, 3.05) is 0 Å². The van der Waals surface area contributed by atoms with Crippen molar-refractivity contribution in [2.45, 2.75) is 64.5 Å². The summed E-state index contributed by atoms with van der Waals surface area (Å²) < 4.78 is 0. The van der Waals surface area contributed by atoms with E-state index < -0.39 is 35.3 Å². The van der Waals surface area contributed by atoms with E-state index in [2.05, 4.69) is 25.8 Å². The second-order valence-corrected chi connectivity index (χ2v) is 10.9. The molecule has 1 aliphatic rings. The number of primary amides is 1. The molecule has 3 N–H and O–H groups in total. The maximum atomic E-state index is 13.9. The molecule has 3 rings (SSSR count). The van der Waals surface area contributed by atoms with Crippen LogP contribution >= 0.6 is 11.3 Å². The molecule has 0 spiro atoms. The third kappa shape index (κ3) is 4.28. The highest BCUT2D eigenvalue weighted by molar-refractivity contribution is 7.09. The van der Waals surface area contributed by atoms with Crippen molar-refractivity contribution < 1.29 is 19.5 Å². The van der Waals surface area contributed by atoms with Crippen LogP contribution < -0.4 is 5.73 Å². The highest BCUT2D eigenvalue weighted by Gasteiger charge is 2.61. The standard InChI is InChI=1S/C24H31N3O4S/c1-14(2)12-24(22(30)31)13-17(19(25)28)18(20-26-10-11-32-20)27(24)21(29)15-6-8-16(9-7-15)23(3,4)5/h6-11,14,17-18H,12-13H2,1-5H3,(H2,25,28)(H,30,31)/t17-,18+,24-/m0/s1. The van der Waals surface area contributed by atoms with E-state index in [1.54, 1.807) is 23.7 Å². The topological polar surface area (TPSA) is 114 Å². The maximum absolute atomic E-state index is 13.9. The Morgan fingerprint density at radius 3 is 2.31 bits per heavy atom. The van der Waals surface area contributed by atoms with Gasteiger partial charge in [-0.05, 0) is 41.9 Å². The van der Waals surface area contributed by atoms with Gasteiger partial charge in [0.15, 0.2) is 0 Å². The van der Waals surface area contributed by atoms with E-state index >= 15 is 0 Å². The van der Waals surface area contributed by atoms with Crippen LogP contribution in [0.2, 0.25) is 0 Å². The molecule has 0 unspecified atom stereocenters. The lowest BCUT2D eigenvalue weighted by Crippen LogP contribution is -2.54. The summed E-state index contributed by atoms with van der Waals surface area (Å²) in [4.78, 5) is 44.7. The Hall–Kier alpha value is -2.74. The van der Waals surface area contributed by atoms with Gasteiger partial charge in [-0.15, -0.1) is 11.3 Å². The number of carbonyl (C=O) groups is 3. The predicted molar refractivity (Wildman–Crippen MR) is 123 cm³/mol. The van der Waals surface area contributed by atoms with Crippen molar-refractivity contribution >= 4 is 29.1 Å². The van der Waals surface area contributed by atoms with Gasteiger partial charge in [-0.2, -0.15) is 0 Å². The minimum absolute atomic E-state index is 0.0202. The summed E-state index contributed by atoms with van der Waals surface area (Å²) in [6.07, 6.45) is 1.76. The van der Waals surface area contributed by atoms with E-state index in [4.69, 9.17) is 5.73 Å². The molecule has 2 heterocycles. The first-order valence-electron chi connectivity index (χ1n) is 10.7. The maximum Gasteiger partial charge on any atom is 0.329 e.